The maximum absolute atomic E-state index is 12.0. The van der Waals surface area contributed by atoms with Gasteiger partial charge in [0.15, 0.2) is 11.5 Å². The molecule has 5 nitrogen and oxygen atoms in total. The minimum atomic E-state index is -0.214. The van der Waals surface area contributed by atoms with E-state index in [1.54, 1.807) is 26.0 Å². The van der Waals surface area contributed by atoms with Crippen molar-refractivity contribution in [2.24, 2.45) is 0 Å². The predicted octanol–water partition coefficient (Wildman–Crippen LogP) is 3.79. The Balaban J connectivity index is 1.84. The van der Waals surface area contributed by atoms with E-state index in [9.17, 15) is 4.79 Å². The van der Waals surface area contributed by atoms with Crippen LogP contribution in [0.15, 0.2) is 47.4 Å². The Kier molecular flexibility index (Phi) is 6.81. The van der Waals surface area contributed by atoms with Crippen molar-refractivity contribution in [3.8, 4) is 11.5 Å². The SMILES string of the molecule is COc1ccc(CCNC(=O)Nc2cccc(SC)c2)cc1OC. The number of nitrogens with one attached hydrogen (secondary N) is 2. The van der Waals surface area contributed by atoms with Gasteiger partial charge in [-0.15, -0.1) is 11.8 Å². The van der Waals surface area contributed by atoms with Crippen molar-refractivity contribution in [1.82, 2.24) is 5.32 Å². The third-order valence-corrected chi connectivity index (χ3v) is 4.20. The minimum absolute atomic E-state index is 0.214. The molecule has 24 heavy (non-hydrogen) atoms. The molecule has 0 saturated heterocycles. The van der Waals surface area contributed by atoms with E-state index >= 15 is 0 Å². The molecular weight excluding hydrogens is 324 g/mol. The zero-order valence-corrected chi connectivity index (χ0v) is 14.9. The second-order valence-corrected chi connectivity index (χ2v) is 5.93. The number of thioether (sulfide) groups is 1. The van der Waals surface area contributed by atoms with Crippen LogP contribution in [0.25, 0.3) is 0 Å². The second kappa shape index (κ2) is 9.08. The third kappa shape index (κ3) is 5.09. The Morgan fingerprint density at radius 3 is 2.58 bits per heavy atom. The maximum Gasteiger partial charge on any atom is 0.319 e. The van der Waals surface area contributed by atoms with E-state index in [0.29, 0.717) is 24.5 Å². The van der Waals surface area contributed by atoms with Crippen LogP contribution in [0.4, 0.5) is 10.5 Å². The normalized spacial score (nSPS) is 10.1. The number of ether oxygens (including phenoxy) is 2. The van der Waals surface area contributed by atoms with Gasteiger partial charge in [-0.25, -0.2) is 4.79 Å². The smallest absolute Gasteiger partial charge is 0.319 e. The fraction of sp³-hybridized carbons (Fsp3) is 0.278. The minimum Gasteiger partial charge on any atom is -0.493 e. The number of amides is 2. The molecule has 0 aliphatic carbocycles. The van der Waals surface area contributed by atoms with Gasteiger partial charge in [0, 0.05) is 17.1 Å². The zero-order chi connectivity index (χ0) is 17.4. The van der Waals surface area contributed by atoms with E-state index in [2.05, 4.69) is 10.6 Å². The summed E-state index contributed by atoms with van der Waals surface area (Å²) in [6, 6.07) is 13.3. The van der Waals surface area contributed by atoms with Crippen LogP contribution in [-0.4, -0.2) is 33.1 Å². The van der Waals surface area contributed by atoms with Gasteiger partial charge in [0.25, 0.3) is 0 Å². The van der Waals surface area contributed by atoms with Crippen molar-refractivity contribution < 1.29 is 14.3 Å². The highest BCUT2D eigenvalue weighted by Crippen LogP contribution is 2.27. The first kappa shape index (κ1) is 18.0. The summed E-state index contributed by atoms with van der Waals surface area (Å²) in [5.41, 5.74) is 1.85. The molecular formula is C18H22N2O3S. The summed E-state index contributed by atoms with van der Waals surface area (Å²) in [4.78, 5) is 13.1. The lowest BCUT2D eigenvalue weighted by Crippen LogP contribution is -2.30. The first-order valence-electron chi connectivity index (χ1n) is 7.56. The Morgan fingerprint density at radius 1 is 1.08 bits per heavy atom. The van der Waals surface area contributed by atoms with Crippen LogP contribution in [0.5, 0.6) is 11.5 Å². The van der Waals surface area contributed by atoms with Crippen LogP contribution in [0.3, 0.4) is 0 Å². The lowest BCUT2D eigenvalue weighted by molar-refractivity contribution is 0.252. The topological polar surface area (TPSA) is 59.6 Å². The van der Waals surface area contributed by atoms with Gasteiger partial charge in [-0.05, 0) is 48.6 Å². The summed E-state index contributed by atoms with van der Waals surface area (Å²) >= 11 is 1.64. The van der Waals surface area contributed by atoms with E-state index in [0.717, 1.165) is 16.1 Å². The van der Waals surface area contributed by atoms with Crippen molar-refractivity contribution in [1.29, 1.82) is 0 Å². The monoisotopic (exact) mass is 346 g/mol. The highest BCUT2D eigenvalue weighted by Gasteiger charge is 2.06. The maximum atomic E-state index is 12.0. The highest BCUT2D eigenvalue weighted by atomic mass is 32.2. The Hall–Kier alpha value is -2.34. The second-order valence-electron chi connectivity index (χ2n) is 5.05. The number of benzene rings is 2. The van der Waals surface area contributed by atoms with Gasteiger partial charge in [-0.3, -0.25) is 0 Å². The van der Waals surface area contributed by atoms with E-state index in [1.807, 2.05) is 48.7 Å². The lowest BCUT2D eigenvalue weighted by atomic mass is 10.1. The van der Waals surface area contributed by atoms with Crippen LogP contribution >= 0.6 is 11.8 Å². The Bertz CT molecular complexity index is 692. The highest BCUT2D eigenvalue weighted by molar-refractivity contribution is 7.98. The van der Waals surface area contributed by atoms with Gasteiger partial charge in [-0.1, -0.05) is 12.1 Å². The number of urea groups is 1. The molecule has 6 heteroatoms. The third-order valence-electron chi connectivity index (χ3n) is 3.47. The molecule has 128 valence electrons. The average molecular weight is 346 g/mol. The van der Waals surface area contributed by atoms with Gasteiger partial charge in [-0.2, -0.15) is 0 Å². The molecule has 2 aromatic rings. The van der Waals surface area contributed by atoms with Crippen molar-refractivity contribution in [3.63, 3.8) is 0 Å². The molecule has 2 aromatic carbocycles. The number of carbonyl (C=O) groups is 1. The van der Waals surface area contributed by atoms with Gasteiger partial charge < -0.3 is 20.1 Å². The molecule has 0 aliphatic rings. The predicted molar refractivity (Wildman–Crippen MR) is 98.5 cm³/mol. The number of hydrogen-bond acceptors (Lipinski definition) is 4. The number of methoxy groups -OCH3 is 2. The first-order chi connectivity index (χ1) is 11.7. The molecule has 2 amide bonds. The van der Waals surface area contributed by atoms with Gasteiger partial charge in [0.05, 0.1) is 14.2 Å². The fourth-order valence-electron chi connectivity index (χ4n) is 2.23. The quantitative estimate of drug-likeness (QED) is 0.749. The van der Waals surface area contributed by atoms with Crippen LogP contribution in [-0.2, 0) is 6.42 Å². The zero-order valence-electron chi connectivity index (χ0n) is 14.1. The van der Waals surface area contributed by atoms with Crippen molar-refractivity contribution in [2.45, 2.75) is 11.3 Å². The van der Waals surface area contributed by atoms with Crippen molar-refractivity contribution in [2.75, 3.05) is 32.3 Å². The summed E-state index contributed by atoms with van der Waals surface area (Å²) in [5.74, 6) is 1.38. The summed E-state index contributed by atoms with van der Waals surface area (Å²) in [5, 5.41) is 5.69. The first-order valence-corrected chi connectivity index (χ1v) is 8.78. The summed E-state index contributed by atoms with van der Waals surface area (Å²) in [6.45, 7) is 0.531. The van der Waals surface area contributed by atoms with E-state index in [1.165, 1.54) is 0 Å². The lowest BCUT2D eigenvalue weighted by Gasteiger charge is -2.11. The molecule has 0 aliphatic heterocycles. The standard InChI is InChI=1S/C18H22N2O3S/c1-22-16-8-7-13(11-17(16)23-2)9-10-19-18(21)20-14-5-4-6-15(12-14)24-3/h4-8,11-12H,9-10H2,1-3H3,(H2,19,20,21). The molecule has 0 unspecified atom stereocenters. The Labute approximate surface area is 146 Å². The summed E-state index contributed by atoms with van der Waals surface area (Å²) in [6.07, 6.45) is 2.71. The number of hydrogen-bond donors (Lipinski definition) is 2. The average Bonchev–Trinajstić information content (AvgIpc) is 2.61. The molecule has 0 atom stereocenters. The van der Waals surface area contributed by atoms with Crippen molar-refractivity contribution >= 4 is 23.5 Å². The molecule has 2 N–H and O–H groups in total. The molecule has 0 radical (unpaired) electrons. The Morgan fingerprint density at radius 2 is 1.88 bits per heavy atom. The van der Waals surface area contributed by atoms with Crippen LogP contribution in [0, 0.1) is 0 Å². The van der Waals surface area contributed by atoms with Gasteiger partial charge >= 0.3 is 6.03 Å². The molecule has 0 fully saturated rings. The number of rotatable bonds is 7. The van der Waals surface area contributed by atoms with Gasteiger partial charge in [0.1, 0.15) is 0 Å². The van der Waals surface area contributed by atoms with E-state index in [4.69, 9.17) is 9.47 Å². The fourth-order valence-corrected chi connectivity index (χ4v) is 2.69. The molecule has 0 spiro atoms. The van der Waals surface area contributed by atoms with E-state index in [-0.39, 0.29) is 6.03 Å². The number of carbonyl (C=O) groups excluding carboxylic acids is 1. The van der Waals surface area contributed by atoms with E-state index < -0.39 is 0 Å². The van der Waals surface area contributed by atoms with Gasteiger partial charge in [0.2, 0.25) is 0 Å². The molecule has 0 aromatic heterocycles. The molecule has 0 saturated carbocycles. The molecule has 2 rings (SSSR count). The van der Waals surface area contributed by atoms with Crippen molar-refractivity contribution in [3.05, 3.63) is 48.0 Å². The van der Waals surface area contributed by atoms with Crippen LogP contribution in [0.1, 0.15) is 5.56 Å². The molecule has 0 bridgehead atoms. The van der Waals surface area contributed by atoms with Crippen LogP contribution < -0.4 is 20.1 Å². The summed E-state index contributed by atoms with van der Waals surface area (Å²) < 4.78 is 10.5. The largest absolute Gasteiger partial charge is 0.493 e. The number of anilines is 1. The van der Waals surface area contributed by atoms with Crippen LogP contribution in [0.2, 0.25) is 0 Å². The summed E-state index contributed by atoms with van der Waals surface area (Å²) in [7, 11) is 3.21. The molecule has 0 heterocycles.